The maximum absolute atomic E-state index is 5.87. The molecule has 90 valence electrons. The van der Waals surface area contributed by atoms with Crippen molar-refractivity contribution in [1.82, 2.24) is 5.32 Å². The van der Waals surface area contributed by atoms with Gasteiger partial charge in [-0.05, 0) is 32.7 Å². The van der Waals surface area contributed by atoms with Crippen molar-refractivity contribution in [3.05, 3.63) is 0 Å². The summed E-state index contributed by atoms with van der Waals surface area (Å²) in [6, 6.07) is 0.602. The molecule has 1 aliphatic rings. The van der Waals surface area contributed by atoms with Gasteiger partial charge in [-0.15, -0.1) is 0 Å². The summed E-state index contributed by atoms with van der Waals surface area (Å²) in [6.07, 6.45) is 9.73. The number of ether oxygens (including phenoxy) is 1. The number of hydrogen-bond donors (Lipinski definition) is 1. The molecule has 0 aromatic rings. The van der Waals surface area contributed by atoms with Crippen LogP contribution in [0.15, 0.2) is 0 Å². The summed E-state index contributed by atoms with van der Waals surface area (Å²) in [5.74, 6) is 0. The second-order valence-electron chi connectivity index (χ2n) is 4.55. The van der Waals surface area contributed by atoms with Gasteiger partial charge in [-0.1, -0.05) is 32.6 Å². The fourth-order valence-electron chi connectivity index (χ4n) is 2.43. The van der Waals surface area contributed by atoms with Crippen LogP contribution < -0.4 is 5.32 Å². The third kappa shape index (κ3) is 4.98. The van der Waals surface area contributed by atoms with E-state index in [0.29, 0.717) is 12.1 Å². The number of rotatable bonds is 5. The van der Waals surface area contributed by atoms with Crippen LogP contribution in [0.25, 0.3) is 0 Å². The first-order valence-corrected chi connectivity index (χ1v) is 6.73. The van der Waals surface area contributed by atoms with Gasteiger partial charge in [0.15, 0.2) is 0 Å². The van der Waals surface area contributed by atoms with E-state index < -0.39 is 0 Å². The Bertz CT molecular complexity index is 147. The molecule has 0 aromatic carbocycles. The molecular formula is C13H27NO. The van der Waals surface area contributed by atoms with Crippen molar-refractivity contribution in [2.24, 2.45) is 0 Å². The number of nitrogens with one attached hydrogen (secondary N) is 1. The molecule has 0 spiro atoms. The van der Waals surface area contributed by atoms with Gasteiger partial charge in [0.05, 0.1) is 6.10 Å². The van der Waals surface area contributed by atoms with Gasteiger partial charge in [0.2, 0.25) is 0 Å². The normalized spacial score (nSPS) is 28.4. The van der Waals surface area contributed by atoms with Crippen LogP contribution in [0.5, 0.6) is 0 Å². The molecule has 2 unspecified atom stereocenters. The molecule has 2 heteroatoms. The van der Waals surface area contributed by atoms with Gasteiger partial charge in [0.1, 0.15) is 0 Å². The molecule has 0 radical (unpaired) electrons. The third-order valence-corrected chi connectivity index (χ3v) is 3.24. The van der Waals surface area contributed by atoms with Crippen molar-refractivity contribution >= 4 is 0 Å². The average Bonchev–Trinajstić information content (AvgIpc) is 2.22. The monoisotopic (exact) mass is 213 g/mol. The van der Waals surface area contributed by atoms with Crippen LogP contribution in [0, 0.1) is 0 Å². The molecule has 0 heterocycles. The van der Waals surface area contributed by atoms with Crippen molar-refractivity contribution in [2.75, 3.05) is 13.2 Å². The van der Waals surface area contributed by atoms with Crippen molar-refractivity contribution in [2.45, 2.75) is 70.9 Å². The first kappa shape index (κ1) is 13.0. The second-order valence-corrected chi connectivity index (χ2v) is 4.55. The predicted molar refractivity (Wildman–Crippen MR) is 65.2 cm³/mol. The molecule has 2 atom stereocenters. The van der Waals surface area contributed by atoms with Crippen LogP contribution in [0.3, 0.4) is 0 Å². The molecule has 15 heavy (non-hydrogen) atoms. The van der Waals surface area contributed by atoms with E-state index in [2.05, 4.69) is 19.2 Å². The van der Waals surface area contributed by atoms with E-state index in [1.54, 1.807) is 0 Å². The Morgan fingerprint density at radius 2 is 1.80 bits per heavy atom. The molecule has 0 bridgehead atoms. The van der Waals surface area contributed by atoms with Gasteiger partial charge in [-0.2, -0.15) is 0 Å². The van der Waals surface area contributed by atoms with Gasteiger partial charge in [-0.3, -0.25) is 0 Å². The third-order valence-electron chi connectivity index (χ3n) is 3.24. The molecule has 0 saturated heterocycles. The maximum Gasteiger partial charge on any atom is 0.0727 e. The highest BCUT2D eigenvalue weighted by Gasteiger charge is 2.21. The lowest BCUT2D eigenvalue weighted by molar-refractivity contribution is 0.0210. The van der Waals surface area contributed by atoms with E-state index in [1.165, 1.54) is 44.9 Å². The SMILES string of the molecule is CCCNC1CCCCCCC1OCC. The highest BCUT2D eigenvalue weighted by atomic mass is 16.5. The fourth-order valence-corrected chi connectivity index (χ4v) is 2.43. The Kier molecular flexibility index (Phi) is 7.03. The van der Waals surface area contributed by atoms with Gasteiger partial charge >= 0.3 is 0 Å². The smallest absolute Gasteiger partial charge is 0.0727 e. The summed E-state index contributed by atoms with van der Waals surface area (Å²) >= 11 is 0. The summed E-state index contributed by atoms with van der Waals surface area (Å²) in [6.45, 7) is 6.32. The molecule has 1 aliphatic carbocycles. The minimum Gasteiger partial charge on any atom is -0.377 e. The first-order valence-electron chi connectivity index (χ1n) is 6.73. The first-order chi connectivity index (χ1) is 7.38. The van der Waals surface area contributed by atoms with Crippen LogP contribution >= 0.6 is 0 Å². The molecule has 1 fully saturated rings. The van der Waals surface area contributed by atoms with Gasteiger partial charge in [0.25, 0.3) is 0 Å². The fraction of sp³-hybridized carbons (Fsp3) is 1.00. The van der Waals surface area contributed by atoms with Crippen LogP contribution in [0.4, 0.5) is 0 Å². The molecule has 1 N–H and O–H groups in total. The van der Waals surface area contributed by atoms with Crippen LogP contribution in [-0.2, 0) is 4.74 Å². The zero-order chi connectivity index (χ0) is 10.9. The molecule has 2 nitrogen and oxygen atoms in total. The average molecular weight is 213 g/mol. The minimum atomic E-state index is 0.460. The van der Waals surface area contributed by atoms with Crippen LogP contribution in [0.1, 0.15) is 58.8 Å². The van der Waals surface area contributed by atoms with Crippen molar-refractivity contribution < 1.29 is 4.74 Å². The summed E-state index contributed by atoms with van der Waals surface area (Å²) < 4.78 is 5.87. The van der Waals surface area contributed by atoms with E-state index in [4.69, 9.17) is 4.74 Å². The summed E-state index contributed by atoms with van der Waals surface area (Å²) in [5, 5.41) is 3.65. The number of hydrogen-bond acceptors (Lipinski definition) is 2. The standard InChI is InChI=1S/C13H27NO/c1-3-11-14-12-9-7-5-6-8-10-13(12)15-4-2/h12-14H,3-11H2,1-2H3. The molecule has 1 rings (SSSR count). The van der Waals surface area contributed by atoms with Gasteiger partial charge in [0, 0.05) is 12.6 Å². The van der Waals surface area contributed by atoms with Gasteiger partial charge in [-0.25, -0.2) is 0 Å². The summed E-state index contributed by atoms with van der Waals surface area (Å²) in [4.78, 5) is 0. The molecule has 0 aliphatic heterocycles. The lowest BCUT2D eigenvalue weighted by Gasteiger charge is -2.30. The van der Waals surface area contributed by atoms with Crippen LogP contribution in [0.2, 0.25) is 0 Å². The Labute approximate surface area is 94.8 Å². The van der Waals surface area contributed by atoms with Gasteiger partial charge < -0.3 is 10.1 Å². The quantitative estimate of drug-likeness (QED) is 0.757. The molecular weight excluding hydrogens is 186 g/mol. The maximum atomic E-state index is 5.87. The lowest BCUT2D eigenvalue weighted by atomic mass is 9.94. The van der Waals surface area contributed by atoms with E-state index in [0.717, 1.165) is 13.2 Å². The van der Waals surface area contributed by atoms with E-state index in [9.17, 15) is 0 Å². The lowest BCUT2D eigenvalue weighted by Crippen LogP contribution is -2.42. The Morgan fingerprint density at radius 1 is 1.07 bits per heavy atom. The minimum absolute atomic E-state index is 0.460. The Balaban J connectivity index is 2.40. The molecule has 0 amide bonds. The highest BCUT2D eigenvalue weighted by molar-refractivity contribution is 4.79. The Morgan fingerprint density at radius 3 is 2.47 bits per heavy atom. The van der Waals surface area contributed by atoms with E-state index in [-0.39, 0.29) is 0 Å². The second kappa shape index (κ2) is 8.12. The predicted octanol–water partition coefficient (Wildman–Crippen LogP) is 3.11. The van der Waals surface area contributed by atoms with Crippen molar-refractivity contribution in [1.29, 1.82) is 0 Å². The largest absolute Gasteiger partial charge is 0.377 e. The van der Waals surface area contributed by atoms with Crippen molar-refractivity contribution in [3.63, 3.8) is 0 Å². The summed E-state index contributed by atoms with van der Waals surface area (Å²) in [7, 11) is 0. The molecule has 0 aromatic heterocycles. The van der Waals surface area contributed by atoms with E-state index >= 15 is 0 Å². The zero-order valence-electron chi connectivity index (χ0n) is 10.4. The highest BCUT2D eigenvalue weighted by Crippen LogP contribution is 2.20. The molecule has 1 saturated carbocycles. The summed E-state index contributed by atoms with van der Waals surface area (Å²) in [5.41, 5.74) is 0. The Hall–Kier alpha value is -0.0800. The van der Waals surface area contributed by atoms with Crippen molar-refractivity contribution in [3.8, 4) is 0 Å². The van der Waals surface area contributed by atoms with Crippen LogP contribution in [-0.4, -0.2) is 25.3 Å². The van der Waals surface area contributed by atoms with E-state index in [1.807, 2.05) is 0 Å². The topological polar surface area (TPSA) is 21.3 Å². The zero-order valence-corrected chi connectivity index (χ0v) is 10.4.